The van der Waals surface area contributed by atoms with Crippen LogP contribution in [0.1, 0.15) is 12.3 Å². The number of nitrogens with one attached hydrogen (secondary N) is 1. The third-order valence-electron chi connectivity index (χ3n) is 2.74. The fourth-order valence-corrected chi connectivity index (χ4v) is 3.20. The van der Waals surface area contributed by atoms with Crippen molar-refractivity contribution in [3.63, 3.8) is 0 Å². The number of hydrogen-bond acceptors (Lipinski definition) is 6. The largest absolute Gasteiger partial charge is 0.339 e. The van der Waals surface area contributed by atoms with Crippen LogP contribution in [0.5, 0.6) is 0 Å². The number of nitrogens with zero attached hydrogens (tertiary/aromatic N) is 2. The van der Waals surface area contributed by atoms with Crippen molar-refractivity contribution in [2.45, 2.75) is 12.8 Å². The van der Waals surface area contributed by atoms with Gasteiger partial charge in [-0.05, 0) is 22.0 Å². The Morgan fingerprint density at radius 2 is 2.37 bits per heavy atom. The molecule has 0 spiro atoms. The van der Waals surface area contributed by atoms with E-state index in [9.17, 15) is 9.59 Å². The van der Waals surface area contributed by atoms with E-state index in [2.05, 4.69) is 31.4 Å². The summed E-state index contributed by atoms with van der Waals surface area (Å²) in [5, 5.41) is 8.05. The predicted molar refractivity (Wildman–Crippen MR) is 70.3 cm³/mol. The SMILES string of the molecule is O=C1CC(Cc2nc(-c3cc(Br)cs3)no2)C(=O)N1. The summed E-state index contributed by atoms with van der Waals surface area (Å²) in [5.74, 6) is -0.0683. The van der Waals surface area contributed by atoms with E-state index in [1.165, 1.54) is 11.3 Å². The van der Waals surface area contributed by atoms with Gasteiger partial charge in [0.1, 0.15) is 0 Å². The van der Waals surface area contributed by atoms with E-state index in [0.29, 0.717) is 11.7 Å². The summed E-state index contributed by atoms with van der Waals surface area (Å²) in [7, 11) is 0. The van der Waals surface area contributed by atoms with E-state index < -0.39 is 5.92 Å². The minimum absolute atomic E-state index is 0.182. The second kappa shape index (κ2) is 4.86. The van der Waals surface area contributed by atoms with Crippen molar-refractivity contribution in [2.24, 2.45) is 5.92 Å². The molecule has 2 aromatic rings. The number of halogens is 1. The van der Waals surface area contributed by atoms with Crippen LogP contribution in [0.3, 0.4) is 0 Å². The Hall–Kier alpha value is -1.54. The van der Waals surface area contributed by atoms with Gasteiger partial charge in [0.05, 0.1) is 10.8 Å². The first-order chi connectivity index (χ1) is 9.11. The third-order valence-corrected chi connectivity index (χ3v) is 4.43. The Balaban J connectivity index is 1.75. The molecule has 1 N–H and O–H groups in total. The molecule has 0 aromatic carbocycles. The van der Waals surface area contributed by atoms with Crippen LogP contribution in [0.15, 0.2) is 20.4 Å². The zero-order valence-electron chi connectivity index (χ0n) is 9.55. The molecule has 0 saturated carbocycles. The van der Waals surface area contributed by atoms with Crippen LogP contribution in [-0.4, -0.2) is 22.0 Å². The number of aromatic nitrogens is 2. The molecule has 8 heteroatoms. The van der Waals surface area contributed by atoms with Crippen molar-refractivity contribution in [1.29, 1.82) is 0 Å². The molecule has 98 valence electrons. The van der Waals surface area contributed by atoms with Gasteiger partial charge in [-0.25, -0.2) is 0 Å². The molecule has 2 aromatic heterocycles. The number of hydrogen-bond donors (Lipinski definition) is 1. The molecule has 1 unspecified atom stereocenters. The van der Waals surface area contributed by atoms with Crippen molar-refractivity contribution in [3.05, 3.63) is 21.8 Å². The average Bonchev–Trinajstić information content (AvgIpc) is 3.02. The zero-order chi connectivity index (χ0) is 13.4. The molecule has 1 saturated heterocycles. The van der Waals surface area contributed by atoms with Gasteiger partial charge in [0.2, 0.25) is 23.5 Å². The molecule has 0 radical (unpaired) electrons. The van der Waals surface area contributed by atoms with E-state index in [1.54, 1.807) is 0 Å². The van der Waals surface area contributed by atoms with E-state index in [4.69, 9.17) is 4.52 Å². The van der Waals surface area contributed by atoms with E-state index in [1.807, 2.05) is 11.4 Å². The lowest BCUT2D eigenvalue weighted by Crippen LogP contribution is -2.22. The Morgan fingerprint density at radius 1 is 1.53 bits per heavy atom. The van der Waals surface area contributed by atoms with Crippen molar-refractivity contribution in [3.8, 4) is 10.7 Å². The normalized spacial score (nSPS) is 18.9. The fraction of sp³-hybridized carbons (Fsp3) is 0.273. The number of imide groups is 1. The monoisotopic (exact) mass is 341 g/mol. The van der Waals surface area contributed by atoms with Crippen LogP contribution in [0, 0.1) is 5.92 Å². The number of carbonyl (C=O) groups excluding carboxylic acids is 2. The lowest BCUT2D eigenvalue weighted by molar-refractivity contribution is -0.125. The van der Waals surface area contributed by atoms with Gasteiger partial charge in [-0.2, -0.15) is 4.98 Å². The van der Waals surface area contributed by atoms with Gasteiger partial charge < -0.3 is 4.52 Å². The molecule has 1 fully saturated rings. The summed E-state index contributed by atoms with van der Waals surface area (Å²) in [5.41, 5.74) is 0. The first kappa shape index (κ1) is 12.5. The minimum Gasteiger partial charge on any atom is -0.339 e. The van der Waals surface area contributed by atoms with Gasteiger partial charge in [0, 0.05) is 22.7 Å². The van der Waals surface area contributed by atoms with Crippen LogP contribution >= 0.6 is 27.3 Å². The molecule has 3 heterocycles. The van der Waals surface area contributed by atoms with Crippen molar-refractivity contribution in [2.75, 3.05) is 0 Å². The van der Waals surface area contributed by atoms with Gasteiger partial charge >= 0.3 is 0 Å². The van der Waals surface area contributed by atoms with Crippen molar-refractivity contribution < 1.29 is 14.1 Å². The summed E-state index contributed by atoms with van der Waals surface area (Å²) in [6.45, 7) is 0. The van der Waals surface area contributed by atoms with Crippen LogP contribution in [0.4, 0.5) is 0 Å². The molecule has 1 aliphatic heterocycles. The first-order valence-corrected chi connectivity index (χ1v) is 7.20. The number of amides is 2. The first-order valence-electron chi connectivity index (χ1n) is 5.52. The Morgan fingerprint density at radius 3 is 3.00 bits per heavy atom. The highest BCUT2D eigenvalue weighted by molar-refractivity contribution is 9.10. The maximum absolute atomic E-state index is 11.4. The summed E-state index contributed by atoms with van der Waals surface area (Å²) in [6.07, 6.45) is 0.470. The molecule has 6 nitrogen and oxygen atoms in total. The standard InChI is InChI=1S/C11H8BrN3O3S/c12-6-3-7(19-4-6)10-14-9(18-15-10)2-5-1-8(16)13-11(5)17/h3-5H,1-2H2,(H,13,16,17). The van der Waals surface area contributed by atoms with E-state index in [-0.39, 0.29) is 24.7 Å². The summed E-state index contributed by atoms with van der Waals surface area (Å²) in [6, 6.07) is 1.89. The molecule has 1 aliphatic rings. The maximum atomic E-state index is 11.4. The third kappa shape index (κ3) is 2.59. The van der Waals surface area contributed by atoms with Crippen LogP contribution in [-0.2, 0) is 16.0 Å². The lowest BCUT2D eigenvalue weighted by atomic mass is 10.0. The highest BCUT2D eigenvalue weighted by Gasteiger charge is 2.32. The predicted octanol–water partition coefficient (Wildman–Crippen LogP) is 1.77. The van der Waals surface area contributed by atoms with Gasteiger partial charge in [-0.3, -0.25) is 14.9 Å². The number of carbonyl (C=O) groups is 2. The maximum Gasteiger partial charge on any atom is 0.230 e. The zero-order valence-corrected chi connectivity index (χ0v) is 12.0. The molecule has 3 rings (SSSR count). The summed E-state index contributed by atoms with van der Waals surface area (Å²) < 4.78 is 6.07. The molecular weight excluding hydrogens is 334 g/mol. The van der Waals surface area contributed by atoms with Gasteiger partial charge in [0.25, 0.3) is 0 Å². The van der Waals surface area contributed by atoms with E-state index >= 15 is 0 Å². The summed E-state index contributed by atoms with van der Waals surface area (Å²) >= 11 is 4.85. The fourth-order valence-electron chi connectivity index (χ4n) is 1.85. The Bertz CT molecular complexity index is 651. The Labute approximate surface area is 120 Å². The van der Waals surface area contributed by atoms with Gasteiger partial charge in [-0.1, -0.05) is 5.16 Å². The molecule has 19 heavy (non-hydrogen) atoms. The van der Waals surface area contributed by atoms with Crippen molar-refractivity contribution >= 4 is 39.1 Å². The summed E-state index contributed by atoms with van der Waals surface area (Å²) in [4.78, 5) is 27.6. The minimum atomic E-state index is -0.407. The molecular formula is C11H8BrN3O3S. The van der Waals surface area contributed by atoms with Crippen LogP contribution < -0.4 is 5.32 Å². The quantitative estimate of drug-likeness (QED) is 0.860. The Kier molecular flexibility index (Phi) is 3.19. The smallest absolute Gasteiger partial charge is 0.230 e. The topological polar surface area (TPSA) is 85.1 Å². The molecule has 1 atom stereocenters. The van der Waals surface area contributed by atoms with Crippen LogP contribution in [0.2, 0.25) is 0 Å². The highest BCUT2D eigenvalue weighted by atomic mass is 79.9. The molecule has 0 aliphatic carbocycles. The van der Waals surface area contributed by atoms with Crippen molar-refractivity contribution in [1.82, 2.24) is 15.5 Å². The van der Waals surface area contributed by atoms with E-state index in [0.717, 1.165) is 9.35 Å². The molecule has 2 amide bonds. The number of thiophene rings is 1. The highest BCUT2D eigenvalue weighted by Crippen LogP contribution is 2.28. The van der Waals surface area contributed by atoms with Gasteiger partial charge in [-0.15, -0.1) is 11.3 Å². The second-order valence-electron chi connectivity index (χ2n) is 4.16. The lowest BCUT2D eigenvalue weighted by Gasteiger charge is -1.99. The average molecular weight is 342 g/mol. The second-order valence-corrected chi connectivity index (χ2v) is 5.99. The molecule has 0 bridgehead atoms. The number of rotatable bonds is 3. The van der Waals surface area contributed by atoms with Crippen LogP contribution in [0.25, 0.3) is 10.7 Å². The van der Waals surface area contributed by atoms with Gasteiger partial charge in [0.15, 0.2) is 0 Å².